The summed E-state index contributed by atoms with van der Waals surface area (Å²) in [5, 5.41) is 15.9. The average molecular weight is 350 g/mol. The van der Waals surface area contributed by atoms with Crippen molar-refractivity contribution in [3.8, 4) is 0 Å². The molecule has 7 heteroatoms. The van der Waals surface area contributed by atoms with E-state index in [0.717, 1.165) is 11.1 Å². The molecule has 4 aromatic rings. The summed E-state index contributed by atoms with van der Waals surface area (Å²) in [4.78, 5) is 9.10. The van der Waals surface area contributed by atoms with Gasteiger partial charge in [0.1, 0.15) is 17.7 Å². The highest BCUT2D eigenvalue weighted by atomic mass is 19.1. The SMILES string of the molecule is [2H]OC(c1ccc(F)cc1)c1nc(Nc2cc(C)[nH]n2)c2ccccc2n1. The summed E-state index contributed by atoms with van der Waals surface area (Å²) in [7, 11) is 0. The lowest BCUT2D eigenvalue weighted by molar-refractivity contribution is 0.210. The number of benzene rings is 2. The lowest BCUT2D eigenvalue weighted by Gasteiger charge is -2.13. The maximum Gasteiger partial charge on any atom is 0.212 e. The number of para-hydroxylation sites is 1. The molecule has 1 atom stereocenters. The van der Waals surface area contributed by atoms with Crippen molar-refractivity contribution >= 4 is 22.5 Å². The fourth-order valence-electron chi connectivity index (χ4n) is 2.70. The van der Waals surface area contributed by atoms with E-state index in [2.05, 4.69) is 25.5 Å². The average Bonchev–Trinajstić information content (AvgIpc) is 3.09. The molecular weight excluding hydrogens is 333 g/mol. The van der Waals surface area contributed by atoms with Crippen molar-refractivity contribution < 1.29 is 9.50 Å². The molecule has 0 bridgehead atoms. The van der Waals surface area contributed by atoms with E-state index in [1.807, 2.05) is 37.3 Å². The Labute approximate surface area is 150 Å². The Morgan fingerprint density at radius 3 is 2.69 bits per heavy atom. The highest BCUT2D eigenvalue weighted by molar-refractivity contribution is 5.90. The fourth-order valence-corrected chi connectivity index (χ4v) is 2.70. The summed E-state index contributed by atoms with van der Waals surface area (Å²) in [6.07, 6.45) is -0.850. The summed E-state index contributed by atoms with van der Waals surface area (Å²) in [6.45, 7) is 1.90. The third kappa shape index (κ3) is 3.12. The number of aryl methyl sites for hydroxylation is 1. The van der Waals surface area contributed by atoms with Crippen LogP contribution in [0.3, 0.4) is 0 Å². The van der Waals surface area contributed by atoms with Crippen LogP contribution in [0, 0.1) is 12.7 Å². The predicted molar refractivity (Wildman–Crippen MR) is 96.6 cm³/mol. The van der Waals surface area contributed by atoms with Gasteiger partial charge in [-0.15, -0.1) is 0 Å². The molecule has 0 spiro atoms. The Hall–Kier alpha value is -3.32. The number of aromatic nitrogens is 4. The Bertz CT molecular complexity index is 1080. The van der Waals surface area contributed by atoms with Crippen LogP contribution < -0.4 is 5.32 Å². The molecule has 0 saturated carbocycles. The number of nitrogens with zero attached hydrogens (tertiary/aromatic N) is 3. The standard InChI is InChI=1S/C19H16FN5O/c1-11-10-16(25-24-11)22-18-14-4-2-3-5-15(14)21-19(23-18)17(26)12-6-8-13(20)9-7-12/h2-10,17,26H,1H3,(H2,21,22,23,24,25)/i26D. The molecule has 2 aromatic carbocycles. The summed E-state index contributed by atoms with van der Waals surface area (Å²) in [6, 6.07) is 15.1. The second kappa shape index (κ2) is 6.53. The molecule has 0 aliphatic heterocycles. The van der Waals surface area contributed by atoms with E-state index in [0.29, 0.717) is 28.5 Å². The topological polar surface area (TPSA) is 86.7 Å². The smallest absolute Gasteiger partial charge is 0.212 e. The molecule has 1 unspecified atom stereocenters. The van der Waals surface area contributed by atoms with Crippen molar-refractivity contribution in [3.05, 3.63) is 77.5 Å². The Balaban J connectivity index is 1.81. The van der Waals surface area contributed by atoms with Gasteiger partial charge in [0, 0.05) is 17.1 Å². The summed E-state index contributed by atoms with van der Waals surface area (Å²) in [5.41, 5.74) is 2.19. The summed E-state index contributed by atoms with van der Waals surface area (Å²) < 4.78 is 20.7. The normalized spacial score (nSPS) is 12.8. The number of nitrogens with one attached hydrogen (secondary N) is 2. The highest BCUT2D eigenvalue weighted by Crippen LogP contribution is 2.27. The molecule has 0 aliphatic carbocycles. The number of hydrogen-bond donors (Lipinski definition) is 3. The van der Waals surface area contributed by atoms with Gasteiger partial charge in [0.25, 0.3) is 0 Å². The van der Waals surface area contributed by atoms with E-state index in [9.17, 15) is 4.39 Å². The fraction of sp³-hybridized carbons (Fsp3) is 0.105. The predicted octanol–water partition coefficient (Wildman–Crippen LogP) is 3.63. The molecule has 0 radical (unpaired) electrons. The number of H-pyrrole nitrogens is 1. The van der Waals surface area contributed by atoms with E-state index in [1.54, 1.807) is 12.1 Å². The molecule has 2 aromatic heterocycles. The van der Waals surface area contributed by atoms with E-state index in [1.165, 1.54) is 12.1 Å². The molecule has 0 aliphatic rings. The van der Waals surface area contributed by atoms with Crippen LogP contribution in [-0.4, -0.2) is 26.7 Å². The van der Waals surface area contributed by atoms with E-state index in [-0.39, 0.29) is 5.82 Å². The first kappa shape index (κ1) is 15.0. The number of halogens is 1. The van der Waals surface area contributed by atoms with Gasteiger partial charge in [-0.25, -0.2) is 14.4 Å². The third-order valence-corrected chi connectivity index (χ3v) is 3.98. The molecule has 0 saturated heterocycles. The van der Waals surface area contributed by atoms with E-state index < -0.39 is 6.10 Å². The van der Waals surface area contributed by atoms with Gasteiger partial charge < -0.3 is 10.4 Å². The first-order chi connectivity index (χ1) is 13.1. The Kier molecular flexibility index (Phi) is 3.76. The molecular formula is C19H16FN5O. The maximum atomic E-state index is 13.2. The largest absolute Gasteiger partial charge is 0.380 e. The molecule has 26 heavy (non-hydrogen) atoms. The van der Waals surface area contributed by atoms with E-state index >= 15 is 0 Å². The van der Waals surface area contributed by atoms with Crippen molar-refractivity contribution in [1.29, 1.82) is 1.43 Å². The van der Waals surface area contributed by atoms with Crippen LogP contribution in [0.1, 0.15) is 23.2 Å². The van der Waals surface area contributed by atoms with Gasteiger partial charge in [-0.05, 0) is 36.8 Å². The molecule has 0 fully saturated rings. The molecule has 0 amide bonds. The van der Waals surface area contributed by atoms with Gasteiger partial charge in [0.15, 0.2) is 11.6 Å². The molecule has 3 N–H and O–H groups in total. The minimum absolute atomic E-state index is 0.296. The summed E-state index contributed by atoms with van der Waals surface area (Å²) >= 11 is 0. The zero-order chi connectivity index (χ0) is 18.8. The zero-order valence-electron chi connectivity index (χ0n) is 14.9. The first-order valence-corrected chi connectivity index (χ1v) is 8.07. The number of hydrogen-bond acceptors (Lipinski definition) is 5. The van der Waals surface area contributed by atoms with Crippen molar-refractivity contribution in [2.75, 3.05) is 5.32 Å². The van der Waals surface area contributed by atoms with Crippen LogP contribution in [0.25, 0.3) is 10.9 Å². The van der Waals surface area contributed by atoms with Crippen LogP contribution in [0.2, 0.25) is 0 Å². The maximum absolute atomic E-state index is 13.2. The second-order valence-corrected chi connectivity index (χ2v) is 5.94. The van der Waals surface area contributed by atoms with Crippen LogP contribution in [0.4, 0.5) is 16.0 Å². The number of aliphatic hydroxyl groups is 1. The van der Waals surface area contributed by atoms with Gasteiger partial charge in [0.05, 0.1) is 5.52 Å². The van der Waals surface area contributed by atoms with Gasteiger partial charge in [0.2, 0.25) is 1.43 Å². The van der Waals surface area contributed by atoms with Gasteiger partial charge >= 0.3 is 0 Å². The minimum Gasteiger partial charge on any atom is -0.380 e. The Morgan fingerprint density at radius 2 is 1.96 bits per heavy atom. The number of fused-ring (bicyclic) bond motifs is 1. The van der Waals surface area contributed by atoms with Crippen molar-refractivity contribution in [3.63, 3.8) is 0 Å². The van der Waals surface area contributed by atoms with Gasteiger partial charge in [-0.2, -0.15) is 5.10 Å². The van der Waals surface area contributed by atoms with Crippen LogP contribution in [0.5, 0.6) is 0 Å². The highest BCUT2D eigenvalue weighted by Gasteiger charge is 2.17. The van der Waals surface area contributed by atoms with Crippen molar-refractivity contribution in [2.45, 2.75) is 13.0 Å². The van der Waals surface area contributed by atoms with Crippen LogP contribution in [-0.2, 0) is 0 Å². The van der Waals surface area contributed by atoms with Gasteiger partial charge in [-0.3, -0.25) is 5.10 Å². The Morgan fingerprint density at radius 1 is 1.15 bits per heavy atom. The van der Waals surface area contributed by atoms with Gasteiger partial charge in [-0.1, -0.05) is 24.3 Å². The molecule has 4 rings (SSSR count). The zero-order valence-corrected chi connectivity index (χ0v) is 13.9. The first-order valence-electron chi connectivity index (χ1n) is 8.48. The molecule has 2 heterocycles. The molecule has 130 valence electrons. The third-order valence-electron chi connectivity index (χ3n) is 3.98. The number of aromatic amines is 1. The summed E-state index contributed by atoms with van der Waals surface area (Å²) in [5.74, 6) is 1.10. The lowest BCUT2D eigenvalue weighted by atomic mass is 10.1. The molecule has 6 nitrogen and oxygen atoms in total. The van der Waals surface area contributed by atoms with Crippen molar-refractivity contribution in [1.82, 2.24) is 20.2 Å². The quantitative estimate of drug-likeness (QED) is 0.512. The minimum atomic E-state index is -0.850. The van der Waals surface area contributed by atoms with Crippen LogP contribution in [0.15, 0.2) is 54.6 Å². The van der Waals surface area contributed by atoms with E-state index in [4.69, 9.17) is 6.54 Å². The lowest BCUT2D eigenvalue weighted by Crippen LogP contribution is -2.08. The monoisotopic (exact) mass is 350 g/mol. The number of aliphatic hydroxyl groups excluding tert-OH is 1. The van der Waals surface area contributed by atoms with Crippen molar-refractivity contribution in [2.24, 2.45) is 0 Å². The second-order valence-electron chi connectivity index (χ2n) is 5.94. The number of anilines is 2. The number of rotatable bonds is 5. The van der Waals surface area contributed by atoms with Crippen LogP contribution >= 0.6 is 0 Å².